The Morgan fingerprint density at radius 3 is 2.36 bits per heavy atom. The van der Waals surface area contributed by atoms with E-state index < -0.39 is 11.9 Å². The van der Waals surface area contributed by atoms with Gasteiger partial charge in [0.25, 0.3) is 0 Å². The second-order valence-corrected chi connectivity index (χ2v) is 6.35. The lowest BCUT2D eigenvalue weighted by Gasteiger charge is -2.04. The summed E-state index contributed by atoms with van der Waals surface area (Å²) in [4.78, 5) is 25.1. The van der Waals surface area contributed by atoms with Crippen LogP contribution in [0.15, 0.2) is 40.9 Å². The third kappa shape index (κ3) is 3.46. The normalized spacial score (nSPS) is 10.5. The van der Waals surface area contributed by atoms with Gasteiger partial charge in [0.15, 0.2) is 0 Å². The van der Waals surface area contributed by atoms with Crippen LogP contribution in [0.1, 0.15) is 31.5 Å². The van der Waals surface area contributed by atoms with Gasteiger partial charge in [0.05, 0.1) is 23.9 Å². The van der Waals surface area contributed by atoms with Crippen molar-refractivity contribution < 1.29 is 23.6 Å². The molecule has 6 nitrogen and oxygen atoms in total. The highest BCUT2D eigenvalue weighted by Crippen LogP contribution is 2.33. The number of aromatic nitrogens is 1. The number of benzene rings is 1. The lowest BCUT2D eigenvalue weighted by Crippen LogP contribution is -2.07. The number of methoxy groups -OCH3 is 1. The minimum Gasteiger partial charge on any atom is -0.465 e. The molecule has 0 amide bonds. The number of rotatable bonds is 4. The Hall–Kier alpha value is -2.93. The number of thiophene rings is 1. The van der Waals surface area contributed by atoms with E-state index in [4.69, 9.17) is 9.26 Å². The Morgan fingerprint density at radius 1 is 1.04 bits per heavy atom. The Kier molecular flexibility index (Phi) is 4.67. The van der Waals surface area contributed by atoms with E-state index in [2.05, 4.69) is 9.89 Å². The zero-order valence-electron chi connectivity index (χ0n) is 13.9. The molecule has 2 aromatic heterocycles. The van der Waals surface area contributed by atoms with Crippen LogP contribution in [0.2, 0.25) is 0 Å². The maximum atomic E-state index is 12.3. The smallest absolute Gasteiger partial charge is 0.353 e. The van der Waals surface area contributed by atoms with Gasteiger partial charge < -0.3 is 14.0 Å². The second-order valence-electron chi connectivity index (χ2n) is 5.27. The maximum Gasteiger partial charge on any atom is 0.353 e. The average molecular weight is 357 g/mol. The summed E-state index contributed by atoms with van der Waals surface area (Å²) in [7, 11) is 1.31. The molecule has 3 aromatic rings. The van der Waals surface area contributed by atoms with Gasteiger partial charge in [-0.25, -0.2) is 9.59 Å². The van der Waals surface area contributed by atoms with Crippen LogP contribution in [0.3, 0.4) is 0 Å². The lowest BCUT2D eigenvalue weighted by atomic mass is 10.2. The van der Waals surface area contributed by atoms with Crippen LogP contribution in [0.4, 0.5) is 0 Å². The highest BCUT2D eigenvalue weighted by Gasteiger charge is 2.17. The molecule has 3 rings (SSSR count). The SMILES string of the molecule is COC(=O)c1ccc(OC(=O)c2ccc(-c3c(C)noc3C)s2)cc1. The van der Waals surface area contributed by atoms with Gasteiger partial charge in [-0.3, -0.25) is 0 Å². The molecule has 0 aliphatic carbocycles. The van der Waals surface area contributed by atoms with Crippen LogP contribution >= 0.6 is 11.3 Å². The Balaban J connectivity index is 1.75. The van der Waals surface area contributed by atoms with Gasteiger partial charge in [-0.15, -0.1) is 11.3 Å². The molecule has 2 heterocycles. The lowest BCUT2D eigenvalue weighted by molar-refractivity contribution is 0.0600. The van der Waals surface area contributed by atoms with Gasteiger partial charge in [-0.05, 0) is 50.2 Å². The van der Waals surface area contributed by atoms with E-state index in [0.717, 1.165) is 16.1 Å². The summed E-state index contributed by atoms with van der Waals surface area (Å²) in [5, 5.41) is 3.92. The second kappa shape index (κ2) is 6.90. The molecule has 1 aromatic carbocycles. The molecule has 0 saturated heterocycles. The zero-order chi connectivity index (χ0) is 18.0. The van der Waals surface area contributed by atoms with Crippen molar-refractivity contribution >= 4 is 23.3 Å². The van der Waals surface area contributed by atoms with Crippen LogP contribution < -0.4 is 4.74 Å². The summed E-state index contributed by atoms with van der Waals surface area (Å²) in [6, 6.07) is 9.72. The van der Waals surface area contributed by atoms with Crippen molar-refractivity contribution in [3.05, 3.63) is 58.3 Å². The third-order valence-electron chi connectivity index (χ3n) is 3.57. The molecule has 0 spiro atoms. The summed E-state index contributed by atoms with van der Waals surface area (Å²) in [5.41, 5.74) is 2.06. The van der Waals surface area contributed by atoms with Crippen LogP contribution in [-0.4, -0.2) is 24.2 Å². The monoisotopic (exact) mass is 357 g/mol. The molecule has 0 bridgehead atoms. The molecule has 25 heavy (non-hydrogen) atoms. The van der Waals surface area contributed by atoms with E-state index in [9.17, 15) is 9.59 Å². The highest BCUT2D eigenvalue weighted by molar-refractivity contribution is 7.17. The van der Waals surface area contributed by atoms with Crippen LogP contribution in [0.5, 0.6) is 5.75 Å². The molecule has 0 fully saturated rings. The minimum absolute atomic E-state index is 0.352. The molecular weight excluding hydrogens is 342 g/mol. The molecule has 0 radical (unpaired) electrons. The number of nitrogens with zero attached hydrogens (tertiary/aromatic N) is 1. The summed E-state index contributed by atoms with van der Waals surface area (Å²) < 4.78 is 15.1. The van der Waals surface area contributed by atoms with E-state index in [1.807, 2.05) is 19.9 Å². The largest absolute Gasteiger partial charge is 0.465 e. The Bertz CT molecular complexity index is 904. The van der Waals surface area contributed by atoms with Crippen LogP contribution in [-0.2, 0) is 4.74 Å². The summed E-state index contributed by atoms with van der Waals surface area (Å²) in [6.07, 6.45) is 0. The summed E-state index contributed by atoms with van der Waals surface area (Å²) in [6.45, 7) is 3.68. The molecule has 0 saturated carbocycles. The van der Waals surface area contributed by atoms with E-state index >= 15 is 0 Å². The first-order valence-corrected chi connectivity index (χ1v) is 8.25. The molecule has 0 atom stereocenters. The number of ether oxygens (including phenoxy) is 2. The summed E-state index contributed by atoms with van der Waals surface area (Å²) >= 11 is 1.31. The number of aryl methyl sites for hydroxylation is 2. The number of hydrogen-bond donors (Lipinski definition) is 0. The molecule has 7 heteroatoms. The van der Waals surface area contributed by atoms with Crippen LogP contribution in [0.25, 0.3) is 10.4 Å². The molecule has 0 aliphatic heterocycles. The Labute approximate surface area is 148 Å². The average Bonchev–Trinajstić information content (AvgIpc) is 3.21. The van der Waals surface area contributed by atoms with Crippen molar-refractivity contribution in [1.82, 2.24) is 5.16 Å². The van der Waals surface area contributed by atoms with Gasteiger partial charge in [-0.2, -0.15) is 0 Å². The van der Waals surface area contributed by atoms with Gasteiger partial charge in [0.2, 0.25) is 0 Å². The van der Waals surface area contributed by atoms with Crippen molar-refractivity contribution in [2.24, 2.45) is 0 Å². The zero-order valence-corrected chi connectivity index (χ0v) is 14.7. The van der Waals surface area contributed by atoms with E-state index in [-0.39, 0.29) is 0 Å². The molecule has 0 aliphatic rings. The molecular formula is C18H15NO5S. The van der Waals surface area contributed by atoms with Crippen molar-refractivity contribution in [3.8, 4) is 16.2 Å². The number of esters is 2. The molecule has 0 N–H and O–H groups in total. The van der Waals surface area contributed by atoms with Gasteiger partial charge in [0, 0.05) is 4.88 Å². The van der Waals surface area contributed by atoms with E-state index in [1.165, 1.54) is 30.6 Å². The first-order valence-electron chi connectivity index (χ1n) is 7.43. The first kappa shape index (κ1) is 16.9. The highest BCUT2D eigenvalue weighted by atomic mass is 32.1. The van der Waals surface area contributed by atoms with Crippen molar-refractivity contribution in [1.29, 1.82) is 0 Å². The predicted molar refractivity (Wildman–Crippen MR) is 92.0 cm³/mol. The molecule has 128 valence electrons. The topological polar surface area (TPSA) is 78.6 Å². The fraction of sp³-hybridized carbons (Fsp3) is 0.167. The molecule has 0 unspecified atom stereocenters. The van der Waals surface area contributed by atoms with Crippen LogP contribution in [0, 0.1) is 13.8 Å². The van der Waals surface area contributed by atoms with Crippen molar-refractivity contribution in [2.45, 2.75) is 13.8 Å². The third-order valence-corrected chi connectivity index (χ3v) is 4.66. The number of carbonyl (C=O) groups is 2. The van der Waals surface area contributed by atoms with E-state index in [1.54, 1.807) is 18.2 Å². The summed E-state index contributed by atoms with van der Waals surface area (Å²) in [5.74, 6) is 0.150. The van der Waals surface area contributed by atoms with Crippen molar-refractivity contribution in [3.63, 3.8) is 0 Å². The quantitative estimate of drug-likeness (QED) is 0.518. The standard InChI is InChI=1S/C18H15NO5S/c1-10-16(11(2)24-19-10)14-8-9-15(25-14)18(21)23-13-6-4-12(5-7-13)17(20)22-3/h4-9H,1-3H3. The fourth-order valence-electron chi connectivity index (χ4n) is 2.35. The maximum absolute atomic E-state index is 12.3. The van der Waals surface area contributed by atoms with Crippen molar-refractivity contribution in [2.75, 3.05) is 7.11 Å². The minimum atomic E-state index is -0.464. The first-order chi connectivity index (χ1) is 12.0. The van der Waals surface area contributed by atoms with Gasteiger partial charge in [-0.1, -0.05) is 5.16 Å². The number of carbonyl (C=O) groups excluding carboxylic acids is 2. The fourth-order valence-corrected chi connectivity index (χ4v) is 3.38. The predicted octanol–water partition coefficient (Wildman–Crippen LogP) is 4.03. The van der Waals surface area contributed by atoms with Gasteiger partial charge in [0.1, 0.15) is 16.4 Å². The van der Waals surface area contributed by atoms with Gasteiger partial charge >= 0.3 is 11.9 Å². The Morgan fingerprint density at radius 2 is 1.76 bits per heavy atom. The van der Waals surface area contributed by atoms with E-state index in [0.29, 0.717) is 22.0 Å². The number of hydrogen-bond acceptors (Lipinski definition) is 7.